The molecule has 1 aliphatic heterocycles. The monoisotopic (exact) mass is 666 g/mol. The topological polar surface area (TPSA) is 76.3 Å². The number of aliphatic imine (C=N–C) groups is 2. The molecule has 0 saturated carbocycles. The normalized spacial score (nSPS) is 12.1. The van der Waals surface area contributed by atoms with Crippen LogP contribution in [0.15, 0.2) is 192 Å². The van der Waals surface area contributed by atoms with E-state index in [0.717, 1.165) is 90.3 Å². The van der Waals surface area contributed by atoms with Crippen LogP contribution in [0, 0.1) is 0 Å². The Balaban J connectivity index is 1.07. The van der Waals surface area contributed by atoms with Crippen LogP contribution in [0.1, 0.15) is 22.3 Å². The third-order valence-electron chi connectivity index (χ3n) is 9.04. The predicted octanol–water partition coefficient (Wildman–Crippen LogP) is 10.6. The molecule has 244 valence electrons. The summed E-state index contributed by atoms with van der Waals surface area (Å²) in [5.74, 6) is 0. The van der Waals surface area contributed by atoms with Gasteiger partial charge in [-0.3, -0.25) is 9.97 Å². The van der Waals surface area contributed by atoms with Gasteiger partial charge in [-0.15, -0.1) is 0 Å². The number of pyridine rings is 4. The van der Waals surface area contributed by atoms with E-state index in [1.54, 1.807) is 12.4 Å². The first-order valence-corrected chi connectivity index (χ1v) is 17.1. The molecular formula is C46H30N6. The second-order valence-corrected chi connectivity index (χ2v) is 12.4. The Labute approximate surface area is 301 Å². The second-order valence-electron chi connectivity index (χ2n) is 12.4. The van der Waals surface area contributed by atoms with Crippen LogP contribution in [0.5, 0.6) is 0 Å². The summed E-state index contributed by atoms with van der Waals surface area (Å²) in [6.07, 6.45) is 3.58. The van der Waals surface area contributed by atoms with Gasteiger partial charge >= 0.3 is 0 Å². The van der Waals surface area contributed by atoms with Gasteiger partial charge in [-0.05, 0) is 60.7 Å². The largest absolute Gasteiger partial charge is 0.255 e. The van der Waals surface area contributed by atoms with Gasteiger partial charge in [-0.25, -0.2) is 20.0 Å². The van der Waals surface area contributed by atoms with Gasteiger partial charge in [0.2, 0.25) is 0 Å². The highest BCUT2D eigenvalue weighted by Gasteiger charge is 2.20. The summed E-state index contributed by atoms with van der Waals surface area (Å²) in [6, 6.07) is 57.1. The van der Waals surface area contributed by atoms with Gasteiger partial charge in [0, 0.05) is 45.8 Å². The fourth-order valence-electron chi connectivity index (χ4n) is 6.45. The van der Waals surface area contributed by atoms with Gasteiger partial charge in [0.25, 0.3) is 0 Å². The second kappa shape index (κ2) is 13.6. The number of nitrogens with zero attached hydrogens (tertiary/aromatic N) is 6. The lowest BCUT2D eigenvalue weighted by molar-refractivity contribution is 1.25. The number of hydrogen-bond acceptors (Lipinski definition) is 6. The molecule has 0 spiro atoms. The first-order valence-electron chi connectivity index (χ1n) is 17.1. The van der Waals surface area contributed by atoms with Crippen molar-refractivity contribution >= 4 is 22.8 Å². The fourth-order valence-corrected chi connectivity index (χ4v) is 6.45. The maximum atomic E-state index is 5.34. The molecule has 9 rings (SSSR count). The van der Waals surface area contributed by atoms with Crippen molar-refractivity contribution in [1.29, 1.82) is 0 Å². The average molecular weight is 667 g/mol. The molecule has 0 amide bonds. The van der Waals surface area contributed by atoms with Crippen LogP contribution < -0.4 is 0 Å². The van der Waals surface area contributed by atoms with E-state index in [4.69, 9.17) is 20.0 Å². The van der Waals surface area contributed by atoms with Gasteiger partial charge in [0.15, 0.2) is 0 Å². The molecule has 0 N–H and O–H groups in total. The smallest absolute Gasteiger partial charge is 0.0893 e. The highest BCUT2D eigenvalue weighted by Crippen LogP contribution is 2.34. The van der Waals surface area contributed by atoms with Gasteiger partial charge < -0.3 is 0 Å². The summed E-state index contributed by atoms with van der Waals surface area (Å²) in [6.45, 7) is 0. The molecule has 52 heavy (non-hydrogen) atoms. The van der Waals surface area contributed by atoms with Gasteiger partial charge in [0.1, 0.15) is 0 Å². The van der Waals surface area contributed by atoms with Crippen molar-refractivity contribution in [2.45, 2.75) is 0 Å². The van der Waals surface area contributed by atoms with E-state index in [-0.39, 0.29) is 0 Å². The summed E-state index contributed by atoms with van der Waals surface area (Å²) >= 11 is 0. The van der Waals surface area contributed by atoms with Crippen molar-refractivity contribution in [2.75, 3.05) is 0 Å². The molecule has 4 aromatic heterocycles. The number of rotatable bonds is 6. The molecule has 6 nitrogen and oxygen atoms in total. The Kier molecular flexibility index (Phi) is 8.08. The van der Waals surface area contributed by atoms with Crippen LogP contribution in [-0.4, -0.2) is 31.4 Å². The first kappa shape index (κ1) is 30.8. The fraction of sp³-hybridized carbons (Fsp3) is 0. The van der Waals surface area contributed by atoms with Crippen LogP contribution in [0.3, 0.4) is 0 Å². The summed E-state index contributed by atoms with van der Waals surface area (Å²) in [5, 5.41) is 0. The molecule has 1 aliphatic rings. The Hall–Kier alpha value is -7.18. The van der Waals surface area contributed by atoms with E-state index in [0.29, 0.717) is 0 Å². The van der Waals surface area contributed by atoms with Gasteiger partial charge in [0.05, 0.1) is 57.0 Å². The van der Waals surface area contributed by atoms with Crippen LogP contribution in [0.25, 0.3) is 45.3 Å². The number of aromatic nitrogens is 4. The van der Waals surface area contributed by atoms with Crippen molar-refractivity contribution < 1.29 is 0 Å². The first-order chi connectivity index (χ1) is 25.8. The Bertz CT molecular complexity index is 2410. The highest BCUT2D eigenvalue weighted by atomic mass is 14.8. The van der Waals surface area contributed by atoms with Crippen LogP contribution in [0.2, 0.25) is 0 Å². The predicted molar refractivity (Wildman–Crippen MR) is 209 cm³/mol. The molecule has 5 heterocycles. The minimum absolute atomic E-state index is 0.840. The molecule has 6 heteroatoms. The number of para-hydroxylation sites is 2. The molecule has 0 unspecified atom stereocenters. The van der Waals surface area contributed by atoms with E-state index in [1.165, 1.54) is 0 Å². The molecule has 0 atom stereocenters. The third kappa shape index (κ3) is 6.10. The summed E-state index contributed by atoms with van der Waals surface area (Å²) in [7, 11) is 0. The summed E-state index contributed by atoms with van der Waals surface area (Å²) in [4.78, 5) is 29.5. The third-order valence-corrected chi connectivity index (χ3v) is 9.04. The highest BCUT2D eigenvalue weighted by molar-refractivity contribution is 6.22. The summed E-state index contributed by atoms with van der Waals surface area (Å²) < 4.78 is 0. The molecule has 8 aromatic rings. The number of benzene rings is 4. The maximum Gasteiger partial charge on any atom is 0.0893 e. The maximum absolute atomic E-state index is 5.34. The molecule has 0 aliphatic carbocycles. The van der Waals surface area contributed by atoms with E-state index in [2.05, 4.69) is 82.8 Å². The Morgan fingerprint density at radius 3 is 1.06 bits per heavy atom. The van der Waals surface area contributed by atoms with E-state index in [1.807, 2.05) is 97.1 Å². The summed E-state index contributed by atoms with van der Waals surface area (Å²) in [5.41, 5.74) is 14.5. The molecule has 4 aromatic carbocycles. The standard InChI is InChI=1S/C46H30N6/c1-3-13-39-35(11-1)45(33-25-21-31(22-26-33)37-17-9-19-43(49-37)41-15-5-7-29-47-41)52-40-14-4-2-12-36(40)46(51-39)34-27-23-32(24-28-34)38-18-10-20-44(50-38)42-16-6-8-30-48-42/h1-30H. The zero-order chi connectivity index (χ0) is 34.7. The zero-order valence-electron chi connectivity index (χ0n) is 28.0. The molecule has 0 fully saturated rings. The van der Waals surface area contributed by atoms with Crippen LogP contribution in [-0.2, 0) is 0 Å². The van der Waals surface area contributed by atoms with Gasteiger partial charge in [-0.2, -0.15) is 0 Å². The average Bonchev–Trinajstić information content (AvgIpc) is 3.22. The lowest BCUT2D eigenvalue weighted by atomic mass is 9.95. The van der Waals surface area contributed by atoms with Crippen LogP contribution >= 0.6 is 0 Å². The van der Waals surface area contributed by atoms with E-state index < -0.39 is 0 Å². The van der Waals surface area contributed by atoms with E-state index in [9.17, 15) is 0 Å². The van der Waals surface area contributed by atoms with Crippen molar-refractivity contribution in [3.63, 3.8) is 0 Å². The van der Waals surface area contributed by atoms with Crippen molar-refractivity contribution in [2.24, 2.45) is 9.98 Å². The molecule has 0 bridgehead atoms. The lowest BCUT2D eigenvalue weighted by Gasteiger charge is -2.18. The molecule has 0 saturated heterocycles. The lowest BCUT2D eigenvalue weighted by Crippen LogP contribution is -2.10. The quantitative estimate of drug-likeness (QED) is 0.177. The molecular weight excluding hydrogens is 637 g/mol. The SMILES string of the molecule is c1ccc(-c2cccc(-c3ccc(C4=Nc5ccccc5C(c5ccc(-c6cccc(-c7ccccn7)n6)cc5)=Nc5ccccc54)cc3)n2)nc1. The Morgan fingerprint density at radius 1 is 0.269 bits per heavy atom. The Morgan fingerprint density at radius 2 is 0.635 bits per heavy atom. The van der Waals surface area contributed by atoms with Crippen molar-refractivity contribution in [3.8, 4) is 45.3 Å². The van der Waals surface area contributed by atoms with Crippen molar-refractivity contribution in [3.05, 3.63) is 205 Å². The minimum atomic E-state index is 0.840. The van der Waals surface area contributed by atoms with E-state index >= 15 is 0 Å². The van der Waals surface area contributed by atoms with Crippen LogP contribution in [0.4, 0.5) is 11.4 Å². The molecule has 0 radical (unpaired) electrons. The number of fused-ring (bicyclic) bond motifs is 2. The minimum Gasteiger partial charge on any atom is -0.255 e. The zero-order valence-corrected chi connectivity index (χ0v) is 28.0. The van der Waals surface area contributed by atoms with Gasteiger partial charge in [-0.1, -0.05) is 109 Å². The number of hydrogen-bond donors (Lipinski definition) is 0. The van der Waals surface area contributed by atoms with Crippen molar-refractivity contribution in [1.82, 2.24) is 19.9 Å².